The maximum Gasteiger partial charge on any atom is -1.00 e. The third-order valence-corrected chi connectivity index (χ3v) is 3.98. The molecule has 1 saturated heterocycles. The van der Waals surface area contributed by atoms with Crippen molar-refractivity contribution >= 4 is 6.09 Å². The average Bonchev–Trinajstić information content (AvgIpc) is 2.02. The first-order valence-corrected chi connectivity index (χ1v) is 6.91. The first-order chi connectivity index (χ1) is 6.38. The summed E-state index contributed by atoms with van der Waals surface area (Å²) >= 11 is 1.35. The van der Waals surface area contributed by atoms with Gasteiger partial charge in [-0.25, -0.2) is 0 Å². The monoisotopic (exact) mass is 502 g/mol. The van der Waals surface area contributed by atoms with Crippen LogP contribution in [0.1, 0.15) is 33.6 Å². The van der Waals surface area contributed by atoms with E-state index in [0.29, 0.717) is 0 Å². The number of amides is 1. The number of halogens is 2. The summed E-state index contributed by atoms with van der Waals surface area (Å²) in [6.45, 7) is 7.47. The second-order valence-corrected chi connectivity index (χ2v) is 7.33. The van der Waals surface area contributed by atoms with E-state index in [1.807, 2.05) is 25.7 Å². The molecule has 1 amide bonds. The van der Waals surface area contributed by atoms with E-state index < -0.39 is 0 Å². The predicted octanol–water partition coefficient (Wildman–Crippen LogP) is -3.64. The van der Waals surface area contributed by atoms with Crippen molar-refractivity contribution in [2.75, 3.05) is 13.1 Å². The molecule has 0 N–H and O–H groups in total. The van der Waals surface area contributed by atoms with E-state index in [0.717, 1.165) is 30.4 Å². The zero-order chi connectivity index (χ0) is 10.8. The fraction of sp³-hybridized carbons (Fsp3) is 0.900. The van der Waals surface area contributed by atoms with Crippen LogP contribution < -0.4 is 48.0 Å². The Balaban J connectivity index is 0. The number of hydrogen-bond acceptors (Lipinski definition) is 2. The standard InChI is InChI=1S/C10H18NO2.2HI.Zn/c1-10(2,3)13-9(12)11-7-5-4-6-8-11;;;/h4H,5-8H2,1-3H3;2*1H;/q;;;+2/p-2. The zero-order valence-corrected chi connectivity index (χ0v) is 17.4. The Labute approximate surface area is 142 Å². The van der Waals surface area contributed by atoms with Crippen molar-refractivity contribution in [3.63, 3.8) is 0 Å². The molecule has 1 aliphatic heterocycles. The van der Waals surface area contributed by atoms with Gasteiger partial charge in [-0.1, -0.05) is 0 Å². The summed E-state index contributed by atoms with van der Waals surface area (Å²) in [5.74, 6) is 0. The Morgan fingerprint density at radius 2 is 1.69 bits per heavy atom. The van der Waals surface area contributed by atoms with Gasteiger partial charge in [0.15, 0.2) is 0 Å². The van der Waals surface area contributed by atoms with Crippen LogP contribution in [0.4, 0.5) is 4.79 Å². The van der Waals surface area contributed by atoms with Crippen LogP contribution in [-0.2, 0) is 23.0 Å². The molecule has 0 aromatic carbocycles. The molecule has 3 nitrogen and oxygen atoms in total. The number of piperidine rings is 1. The first kappa shape index (κ1) is 19.7. The van der Waals surface area contributed by atoms with E-state index in [1.54, 1.807) is 0 Å². The van der Waals surface area contributed by atoms with Gasteiger partial charge in [0.05, 0.1) is 0 Å². The molecule has 0 unspecified atom stereocenters. The van der Waals surface area contributed by atoms with Gasteiger partial charge < -0.3 is 48.0 Å². The molecule has 0 aromatic rings. The van der Waals surface area contributed by atoms with Gasteiger partial charge in [0.1, 0.15) is 0 Å². The van der Waals surface area contributed by atoms with Gasteiger partial charge in [-0.3, -0.25) is 0 Å². The molecular weight excluding hydrogens is 485 g/mol. The Bertz CT molecular complexity index is 213. The van der Waals surface area contributed by atoms with Gasteiger partial charge in [0.2, 0.25) is 0 Å². The Morgan fingerprint density at radius 1 is 1.25 bits per heavy atom. The van der Waals surface area contributed by atoms with Crippen LogP contribution in [0.2, 0.25) is 4.51 Å². The number of likely N-dealkylation sites (tertiary alicyclic amines) is 1. The molecule has 0 saturated carbocycles. The average molecular weight is 503 g/mol. The zero-order valence-electron chi connectivity index (χ0n) is 10.1. The van der Waals surface area contributed by atoms with Crippen LogP contribution in [0, 0.1) is 0 Å². The minimum atomic E-state index is -0.367. The number of nitrogens with zero attached hydrogens (tertiary/aromatic N) is 1. The second-order valence-electron chi connectivity index (χ2n) is 4.91. The quantitative estimate of drug-likeness (QED) is 0.252. The van der Waals surface area contributed by atoms with E-state index in [2.05, 4.69) is 0 Å². The fourth-order valence-electron chi connectivity index (χ4n) is 1.44. The van der Waals surface area contributed by atoms with Crippen LogP contribution in [0.3, 0.4) is 0 Å². The maximum atomic E-state index is 11.6. The molecule has 1 fully saturated rings. The Hall–Kier alpha value is 1.35. The number of carbonyl (C=O) groups excluding carboxylic acids is 1. The smallest absolute Gasteiger partial charge is 1.00 e. The van der Waals surface area contributed by atoms with E-state index in [1.165, 1.54) is 18.3 Å². The number of hydrogen-bond donors (Lipinski definition) is 0. The minimum absolute atomic E-state index is 0. The van der Waals surface area contributed by atoms with E-state index in [4.69, 9.17) is 4.74 Å². The van der Waals surface area contributed by atoms with Crippen molar-refractivity contribution in [2.24, 2.45) is 0 Å². The minimum Gasteiger partial charge on any atom is -1.00 e. The second kappa shape index (κ2) is 8.45. The van der Waals surface area contributed by atoms with Crippen LogP contribution >= 0.6 is 0 Å². The number of ether oxygens (including phenoxy) is 1. The molecule has 16 heavy (non-hydrogen) atoms. The SMILES string of the molecule is CC(C)(C)OC(=O)N1CC[CH]([Zn+2])CC1.[I-].[I-]. The molecule has 6 heteroatoms. The molecule has 0 atom stereocenters. The van der Waals surface area contributed by atoms with Gasteiger partial charge in [-0.2, -0.15) is 0 Å². The van der Waals surface area contributed by atoms with Crippen molar-refractivity contribution in [3.8, 4) is 0 Å². The summed E-state index contributed by atoms with van der Waals surface area (Å²) < 4.78 is 6.18. The third-order valence-electron chi connectivity index (χ3n) is 2.27. The molecule has 1 aliphatic rings. The molecule has 0 spiro atoms. The topological polar surface area (TPSA) is 29.5 Å². The molecule has 91 valence electrons. The number of rotatable bonds is 0. The molecule has 0 aromatic heterocycles. The van der Waals surface area contributed by atoms with Gasteiger partial charge in [0.25, 0.3) is 0 Å². The summed E-state index contributed by atoms with van der Waals surface area (Å²) in [5, 5.41) is 0. The first-order valence-electron chi connectivity index (χ1n) is 5.19. The molecule has 1 rings (SSSR count). The molecule has 0 aliphatic carbocycles. The van der Waals surface area contributed by atoms with Crippen LogP contribution in [-0.4, -0.2) is 29.7 Å². The third kappa shape index (κ3) is 7.64. The van der Waals surface area contributed by atoms with Crippen molar-refractivity contribution in [3.05, 3.63) is 0 Å². The van der Waals surface area contributed by atoms with Crippen LogP contribution in [0.25, 0.3) is 0 Å². The maximum absolute atomic E-state index is 11.6. The van der Waals surface area contributed by atoms with Crippen LogP contribution in [0.5, 0.6) is 0 Å². The summed E-state index contributed by atoms with van der Waals surface area (Å²) in [7, 11) is 0. The van der Waals surface area contributed by atoms with Gasteiger partial charge in [0, 0.05) is 0 Å². The molecular formula is C10H18I2NO2Zn. The Kier molecular flexibility index (Phi) is 10.4. The van der Waals surface area contributed by atoms with E-state index >= 15 is 0 Å². The van der Waals surface area contributed by atoms with Gasteiger partial charge in [-0.05, 0) is 0 Å². The van der Waals surface area contributed by atoms with Gasteiger partial charge >= 0.3 is 95.6 Å². The molecule has 0 radical (unpaired) electrons. The normalized spacial score (nSPS) is 17.2. The van der Waals surface area contributed by atoms with E-state index in [9.17, 15) is 4.79 Å². The van der Waals surface area contributed by atoms with Crippen LogP contribution in [0.15, 0.2) is 0 Å². The molecule has 0 bridgehead atoms. The van der Waals surface area contributed by atoms with Crippen molar-refractivity contribution < 1.29 is 75.8 Å². The molecule has 1 heterocycles. The summed E-state index contributed by atoms with van der Waals surface area (Å²) in [6, 6.07) is 0. The largest absolute Gasteiger partial charge is 1.00 e. The summed E-state index contributed by atoms with van der Waals surface area (Å²) in [5.41, 5.74) is -0.367. The van der Waals surface area contributed by atoms with Gasteiger partial charge in [-0.15, -0.1) is 0 Å². The summed E-state index contributed by atoms with van der Waals surface area (Å²) in [6.07, 6.45) is 2.16. The summed E-state index contributed by atoms with van der Waals surface area (Å²) in [4.78, 5) is 13.5. The van der Waals surface area contributed by atoms with Crippen molar-refractivity contribution in [2.45, 2.75) is 43.7 Å². The van der Waals surface area contributed by atoms with Crippen molar-refractivity contribution in [1.82, 2.24) is 4.90 Å². The van der Waals surface area contributed by atoms with E-state index in [-0.39, 0.29) is 59.6 Å². The Morgan fingerprint density at radius 3 is 2.06 bits per heavy atom. The fourth-order valence-corrected chi connectivity index (χ4v) is 2.21. The van der Waals surface area contributed by atoms with Crippen molar-refractivity contribution in [1.29, 1.82) is 0 Å². The number of carbonyl (C=O) groups is 1. The predicted molar refractivity (Wildman–Crippen MR) is 50.8 cm³/mol.